The molecule has 0 radical (unpaired) electrons. The molecule has 1 heterocycles. The maximum absolute atomic E-state index is 11.1. The van der Waals surface area contributed by atoms with Gasteiger partial charge in [-0.2, -0.15) is 0 Å². The molecular weight excluding hydrogens is 230 g/mol. The molecule has 0 fully saturated rings. The van der Waals surface area contributed by atoms with Gasteiger partial charge in [-0.1, -0.05) is 11.6 Å². The van der Waals surface area contributed by atoms with Crippen LogP contribution in [-0.4, -0.2) is 36.1 Å². The summed E-state index contributed by atoms with van der Waals surface area (Å²) in [6.45, 7) is 2.70. The number of hydrogen-bond donors (Lipinski definition) is 0. The first kappa shape index (κ1) is 12.7. The number of esters is 1. The third-order valence-electron chi connectivity index (χ3n) is 1.90. The molecule has 0 aliphatic carbocycles. The Labute approximate surface area is 99.4 Å². The molecule has 0 aromatic carbocycles. The highest BCUT2D eigenvalue weighted by molar-refractivity contribution is 6.30. The van der Waals surface area contributed by atoms with Crippen molar-refractivity contribution < 1.29 is 9.53 Å². The fourth-order valence-electron chi connectivity index (χ4n) is 1.09. The Bertz CT molecular complexity index is 342. The Morgan fingerprint density at radius 1 is 1.50 bits per heavy atom. The molecule has 0 aliphatic heterocycles. The second-order valence-corrected chi connectivity index (χ2v) is 3.61. The lowest BCUT2D eigenvalue weighted by Crippen LogP contribution is -2.23. The van der Waals surface area contributed by atoms with Crippen molar-refractivity contribution >= 4 is 23.5 Å². The predicted octanol–water partition coefficient (Wildman–Crippen LogP) is 1.52. The van der Waals surface area contributed by atoms with Gasteiger partial charge in [-0.15, -0.1) is 0 Å². The molecule has 1 aromatic rings. The summed E-state index contributed by atoms with van der Waals surface area (Å²) in [6, 6.07) is 0. The molecule has 0 N–H and O–H groups in total. The summed E-state index contributed by atoms with van der Waals surface area (Å²) in [5.74, 6) is 0.317. The van der Waals surface area contributed by atoms with Gasteiger partial charge in [0.05, 0.1) is 30.4 Å². The predicted molar refractivity (Wildman–Crippen MR) is 61.6 cm³/mol. The SMILES string of the molecule is CCOC(=O)CCN(C)c1ncc(Cl)cn1. The zero-order valence-corrected chi connectivity index (χ0v) is 10.1. The first-order chi connectivity index (χ1) is 7.63. The van der Waals surface area contributed by atoms with Crippen LogP contribution in [0.1, 0.15) is 13.3 Å². The number of aromatic nitrogens is 2. The van der Waals surface area contributed by atoms with E-state index in [0.717, 1.165) is 0 Å². The number of hydrogen-bond acceptors (Lipinski definition) is 5. The van der Waals surface area contributed by atoms with E-state index in [4.69, 9.17) is 16.3 Å². The minimum absolute atomic E-state index is 0.219. The molecule has 5 nitrogen and oxygen atoms in total. The van der Waals surface area contributed by atoms with Crippen LogP contribution in [-0.2, 0) is 9.53 Å². The maximum Gasteiger partial charge on any atom is 0.307 e. The topological polar surface area (TPSA) is 55.3 Å². The van der Waals surface area contributed by atoms with Crippen molar-refractivity contribution in [1.29, 1.82) is 0 Å². The van der Waals surface area contributed by atoms with E-state index in [1.807, 2.05) is 7.05 Å². The molecule has 0 aliphatic rings. The largest absolute Gasteiger partial charge is 0.466 e. The summed E-state index contributed by atoms with van der Waals surface area (Å²) in [4.78, 5) is 21.0. The Kier molecular flexibility index (Phi) is 4.98. The molecular formula is C10H14ClN3O2. The maximum atomic E-state index is 11.1. The number of carbonyl (C=O) groups is 1. The van der Waals surface area contributed by atoms with Crippen molar-refractivity contribution in [3.63, 3.8) is 0 Å². The summed E-state index contributed by atoms with van der Waals surface area (Å²) >= 11 is 5.67. The van der Waals surface area contributed by atoms with Gasteiger partial charge >= 0.3 is 5.97 Å². The minimum atomic E-state index is -0.219. The Morgan fingerprint density at radius 3 is 2.69 bits per heavy atom. The summed E-state index contributed by atoms with van der Waals surface area (Å²) in [7, 11) is 1.81. The van der Waals surface area contributed by atoms with Crippen molar-refractivity contribution in [3.05, 3.63) is 17.4 Å². The molecule has 6 heteroatoms. The van der Waals surface area contributed by atoms with Crippen LogP contribution in [0.15, 0.2) is 12.4 Å². The molecule has 1 rings (SSSR count). The lowest BCUT2D eigenvalue weighted by Gasteiger charge is -2.15. The second kappa shape index (κ2) is 6.27. The van der Waals surface area contributed by atoms with Gasteiger partial charge in [0.25, 0.3) is 0 Å². The summed E-state index contributed by atoms with van der Waals surface area (Å²) in [6.07, 6.45) is 3.35. The first-order valence-electron chi connectivity index (χ1n) is 4.97. The quantitative estimate of drug-likeness (QED) is 0.734. The average Bonchev–Trinajstić information content (AvgIpc) is 2.27. The van der Waals surface area contributed by atoms with Gasteiger partial charge in [0.15, 0.2) is 0 Å². The lowest BCUT2D eigenvalue weighted by atomic mass is 10.4. The van der Waals surface area contributed by atoms with E-state index < -0.39 is 0 Å². The molecule has 0 bridgehead atoms. The van der Waals surface area contributed by atoms with E-state index in [0.29, 0.717) is 30.5 Å². The summed E-state index contributed by atoms with van der Waals surface area (Å²) in [5, 5.41) is 0.488. The Morgan fingerprint density at radius 2 is 2.12 bits per heavy atom. The number of halogens is 1. The molecule has 0 amide bonds. The van der Waals surface area contributed by atoms with Crippen LogP contribution in [0.3, 0.4) is 0 Å². The van der Waals surface area contributed by atoms with Gasteiger partial charge in [0, 0.05) is 13.6 Å². The van der Waals surface area contributed by atoms with Crippen LogP contribution in [0.4, 0.5) is 5.95 Å². The van der Waals surface area contributed by atoms with E-state index in [-0.39, 0.29) is 5.97 Å². The number of nitrogens with zero attached hydrogens (tertiary/aromatic N) is 3. The highest BCUT2D eigenvalue weighted by atomic mass is 35.5. The number of anilines is 1. The number of carbonyl (C=O) groups excluding carboxylic acids is 1. The van der Waals surface area contributed by atoms with Gasteiger partial charge in [-0.05, 0) is 6.92 Å². The summed E-state index contributed by atoms with van der Waals surface area (Å²) < 4.78 is 4.82. The van der Waals surface area contributed by atoms with Crippen molar-refractivity contribution in [3.8, 4) is 0 Å². The highest BCUT2D eigenvalue weighted by Gasteiger charge is 2.07. The molecule has 16 heavy (non-hydrogen) atoms. The molecule has 0 spiro atoms. The van der Waals surface area contributed by atoms with E-state index >= 15 is 0 Å². The van der Waals surface area contributed by atoms with Crippen molar-refractivity contribution in [2.75, 3.05) is 25.1 Å². The van der Waals surface area contributed by atoms with Crippen LogP contribution in [0.25, 0.3) is 0 Å². The molecule has 1 aromatic heterocycles. The molecule has 0 atom stereocenters. The lowest BCUT2D eigenvalue weighted by molar-refractivity contribution is -0.142. The van der Waals surface area contributed by atoms with Gasteiger partial charge in [0.1, 0.15) is 0 Å². The molecule has 0 saturated heterocycles. The Hall–Kier alpha value is -1.36. The van der Waals surface area contributed by atoms with Crippen LogP contribution in [0.5, 0.6) is 0 Å². The molecule has 88 valence electrons. The average molecular weight is 244 g/mol. The fraction of sp³-hybridized carbons (Fsp3) is 0.500. The standard InChI is InChI=1S/C10H14ClN3O2/c1-3-16-9(15)4-5-14(2)10-12-6-8(11)7-13-10/h6-7H,3-5H2,1-2H3. The van der Waals surface area contributed by atoms with Crippen LogP contribution in [0, 0.1) is 0 Å². The van der Waals surface area contributed by atoms with E-state index in [1.165, 1.54) is 12.4 Å². The second-order valence-electron chi connectivity index (χ2n) is 3.18. The number of rotatable bonds is 5. The zero-order chi connectivity index (χ0) is 12.0. The summed E-state index contributed by atoms with van der Waals surface area (Å²) in [5.41, 5.74) is 0. The third kappa shape index (κ3) is 4.02. The van der Waals surface area contributed by atoms with Crippen molar-refractivity contribution in [2.45, 2.75) is 13.3 Å². The van der Waals surface area contributed by atoms with Crippen LogP contribution < -0.4 is 4.90 Å². The Balaban J connectivity index is 2.43. The minimum Gasteiger partial charge on any atom is -0.466 e. The molecule has 0 saturated carbocycles. The zero-order valence-electron chi connectivity index (χ0n) is 9.31. The van der Waals surface area contributed by atoms with Gasteiger partial charge in [0.2, 0.25) is 5.95 Å². The van der Waals surface area contributed by atoms with Crippen molar-refractivity contribution in [2.24, 2.45) is 0 Å². The van der Waals surface area contributed by atoms with E-state index in [9.17, 15) is 4.79 Å². The van der Waals surface area contributed by atoms with E-state index in [1.54, 1.807) is 11.8 Å². The third-order valence-corrected chi connectivity index (χ3v) is 2.10. The van der Waals surface area contributed by atoms with Crippen LogP contribution >= 0.6 is 11.6 Å². The fourth-order valence-corrected chi connectivity index (χ4v) is 1.19. The molecule has 0 unspecified atom stereocenters. The normalized spacial score (nSPS) is 9.94. The number of ether oxygens (including phenoxy) is 1. The van der Waals surface area contributed by atoms with Gasteiger partial charge in [-0.3, -0.25) is 4.79 Å². The van der Waals surface area contributed by atoms with E-state index in [2.05, 4.69) is 9.97 Å². The monoisotopic (exact) mass is 243 g/mol. The highest BCUT2D eigenvalue weighted by Crippen LogP contribution is 2.08. The van der Waals surface area contributed by atoms with Crippen molar-refractivity contribution in [1.82, 2.24) is 9.97 Å². The van der Waals surface area contributed by atoms with Crippen LogP contribution in [0.2, 0.25) is 5.02 Å². The first-order valence-corrected chi connectivity index (χ1v) is 5.35. The van der Waals surface area contributed by atoms with Gasteiger partial charge < -0.3 is 9.64 Å². The van der Waals surface area contributed by atoms with Gasteiger partial charge in [-0.25, -0.2) is 9.97 Å². The smallest absolute Gasteiger partial charge is 0.307 e.